The Morgan fingerprint density at radius 2 is 1.61 bits per heavy atom. The minimum absolute atomic E-state index is 0.0305. The highest BCUT2D eigenvalue weighted by molar-refractivity contribution is 7.89. The van der Waals surface area contributed by atoms with E-state index in [2.05, 4.69) is 25.3 Å². The van der Waals surface area contributed by atoms with Crippen LogP contribution in [-0.4, -0.2) is 66.8 Å². The zero-order valence-electron chi connectivity index (χ0n) is 20.9. The molecular weight excluding hydrogens is 438 g/mol. The number of piperazine rings is 1. The monoisotopic (exact) mass is 475 g/mol. The van der Waals surface area contributed by atoms with E-state index in [1.807, 2.05) is 38.7 Å². The lowest BCUT2D eigenvalue weighted by Crippen LogP contribution is -2.49. The Kier molecular flexibility index (Phi) is 7.41. The van der Waals surface area contributed by atoms with Gasteiger partial charge in [-0.2, -0.15) is 4.31 Å². The fourth-order valence-electron chi connectivity index (χ4n) is 4.60. The summed E-state index contributed by atoms with van der Waals surface area (Å²) in [6.07, 6.45) is 0.0305. The van der Waals surface area contributed by atoms with Crippen molar-refractivity contribution in [2.45, 2.75) is 65.0 Å². The highest BCUT2D eigenvalue weighted by atomic mass is 32.2. The van der Waals surface area contributed by atoms with Crippen LogP contribution >= 0.6 is 0 Å². The molecule has 0 N–H and O–H groups in total. The van der Waals surface area contributed by atoms with Gasteiger partial charge in [-0.1, -0.05) is 0 Å². The van der Waals surface area contributed by atoms with Gasteiger partial charge in [-0.05, 0) is 78.8 Å². The maximum Gasteiger partial charge on any atom is 0.243 e. The molecule has 0 atom stereocenters. The second-order valence-corrected chi connectivity index (χ2v) is 12.0. The van der Waals surface area contributed by atoms with Gasteiger partial charge in [0.05, 0.1) is 17.5 Å². The molecule has 8 heteroatoms. The molecule has 3 rings (SSSR count). The largest absolute Gasteiger partial charge is 0.491 e. The average molecular weight is 476 g/mol. The zero-order valence-corrected chi connectivity index (χ0v) is 21.7. The molecular formula is C25H37N3O4S. The number of sulfonamides is 1. The molecule has 1 aromatic carbocycles. The number of carbonyl (C=O) groups is 1. The molecule has 0 bridgehead atoms. The van der Waals surface area contributed by atoms with Gasteiger partial charge in [0.15, 0.2) is 5.78 Å². The summed E-state index contributed by atoms with van der Waals surface area (Å²) in [6.45, 7) is 16.3. The molecule has 1 aliphatic rings. The smallest absolute Gasteiger partial charge is 0.243 e. The summed E-state index contributed by atoms with van der Waals surface area (Å²) in [5, 5.41) is 0. The van der Waals surface area contributed by atoms with E-state index in [0.717, 1.165) is 17.0 Å². The predicted octanol–water partition coefficient (Wildman–Crippen LogP) is 3.84. The van der Waals surface area contributed by atoms with Crippen molar-refractivity contribution in [3.05, 3.63) is 47.3 Å². The van der Waals surface area contributed by atoms with E-state index in [1.165, 1.54) is 4.31 Å². The normalized spacial score (nSPS) is 16.4. The summed E-state index contributed by atoms with van der Waals surface area (Å²) in [7, 11) is -3.57. The summed E-state index contributed by atoms with van der Waals surface area (Å²) >= 11 is 0. The molecule has 0 unspecified atom stereocenters. The number of rotatable bonds is 7. The summed E-state index contributed by atoms with van der Waals surface area (Å²) in [4.78, 5) is 15.3. The molecule has 0 radical (unpaired) electrons. The predicted molar refractivity (Wildman–Crippen MR) is 131 cm³/mol. The Hall–Kier alpha value is -2.16. The van der Waals surface area contributed by atoms with E-state index in [9.17, 15) is 13.2 Å². The number of aromatic nitrogens is 1. The topological polar surface area (TPSA) is 71.8 Å². The van der Waals surface area contributed by atoms with E-state index in [-0.39, 0.29) is 22.3 Å². The zero-order chi connectivity index (χ0) is 24.6. The van der Waals surface area contributed by atoms with Crippen molar-refractivity contribution in [2.24, 2.45) is 0 Å². The molecule has 0 amide bonds. The van der Waals surface area contributed by atoms with Crippen LogP contribution in [0.4, 0.5) is 0 Å². The molecule has 1 fully saturated rings. The standard InChI is InChI=1S/C25H37N3O4S/c1-18(2)32-21-8-10-22(11-9-21)33(30,31)27-14-12-26(13-15-27)17-24(29)23-16-19(3)28(20(23)4)25(5,6)7/h8-11,16,18H,12-15,17H2,1-7H3. The Morgan fingerprint density at radius 1 is 1.03 bits per heavy atom. The lowest BCUT2D eigenvalue weighted by molar-refractivity contribution is 0.0901. The van der Waals surface area contributed by atoms with Crippen molar-refractivity contribution in [2.75, 3.05) is 32.7 Å². The molecule has 1 aliphatic heterocycles. The van der Waals surface area contributed by atoms with Crippen LogP contribution < -0.4 is 4.74 Å². The van der Waals surface area contributed by atoms with Gasteiger partial charge in [-0.15, -0.1) is 0 Å². The Balaban J connectivity index is 1.62. The lowest BCUT2D eigenvalue weighted by atomic mass is 10.1. The maximum atomic E-state index is 13.0. The van der Waals surface area contributed by atoms with E-state index in [1.54, 1.807) is 24.3 Å². The van der Waals surface area contributed by atoms with E-state index < -0.39 is 10.0 Å². The molecule has 0 saturated carbocycles. The minimum atomic E-state index is -3.57. The number of hydrogen-bond acceptors (Lipinski definition) is 5. The first-order valence-corrected chi connectivity index (χ1v) is 13.0. The number of aryl methyl sites for hydroxylation is 1. The minimum Gasteiger partial charge on any atom is -0.491 e. The third kappa shape index (κ3) is 5.67. The molecule has 1 aromatic heterocycles. The van der Waals surface area contributed by atoms with Gasteiger partial charge >= 0.3 is 0 Å². The lowest BCUT2D eigenvalue weighted by Gasteiger charge is -2.33. The Morgan fingerprint density at radius 3 is 2.09 bits per heavy atom. The molecule has 2 aromatic rings. The van der Waals surface area contributed by atoms with Crippen molar-refractivity contribution in [3.63, 3.8) is 0 Å². The third-order valence-corrected chi connectivity index (χ3v) is 7.85. The molecule has 182 valence electrons. The third-order valence-electron chi connectivity index (χ3n) is 5.93. The van der Waals surface area contributed by atoms with Crippen molar-refractivity contribution in [3.8, 4) is 5.75 Å². The highest BCUT2D eigenvalue weighted by Gasteiger charge is 2.30. The second kappa shape index (κ2) is 9.60. The second-order valence-electron chi connectivity index (χ2n) is 10.0. The molecule has 2 heterocycles. The van der Waals surface area contributed by atoms with Crippen LogP contribution in [-0.2, 0) is 15.6 Å². The van der Waals surface area contributed by atoms with Crippen molar-refractivity contribution >= 4 is 15.8 Å². The van der Waals surface area contributed by atoms with Crippen molar-refractivity contribution in [1.29, 1.82) is 0 Å². The van der Waals surface area contributed by atoms with Crippen LogP contribution in [0, 0.1) is 13.8 Å². The summed E-state index contributed by atoms with van der Waals surface area (Å²) in [6, 6.07) is 8.53. The molecule has 7 nitrogen and oxygen atoms in total. The van der Waals surface area contributed by atoms with Crippen LogP contribution in [0.2, 0.25) is 0 Å². The Bertz CT molecular complexity index is 1090. The number of Topliss-reactive ketones (excluding diaryl/α,β-unsaturated/α-hetero) is 1. The van der Waals surface area contributed by atoms with Crippen LogP contribution in [0.25, 0.3) is 0 Å². The van der Waals surface area contributed by atoms with Crippen LogP contribution in [0.3, 0.4) is 0 Å². The molecule has 1 saturated heterocycles. The number of nitrogens with zero attached hydrogens (tertiary/aromatic N) is 3. The highest BCUT2D eigenvalue weighted by Crippen LogP contribution is 2.25. The Labute approximate surface area is 198 Å². The number of benzene rings is 1. The number of hydrogen-bond donors (Lipinski definition) is 0. The first-order chi connectivity index (χ1) is 15.3. The van der Waals surface area contributed by atoms with Crippen LogP contribution in [0.15, 0.2) is 35.2 Å². The van der Waals surface area contributed by atoms with Gasteiger partial charge in [-0.3, -0.25) is 9.69 Å². The summed E-state index contributed by atoms with van der Waals surface area (Å²) in [5.74, 6) is 0.730. The van der Waals surface area contributed by atoms with Gasteiger partial charge < -0.3 is 9.30 Å². The van der Waals surface area contributed by atoms with Gasteiger partial charge in [0.1, 0.15) is 5.75 Å². The van der Waals surface area contributed by atoms with Gasteiger partial charge in [-0.25, -0.2) is 8.42 Å². The summed E-state index contributed by atoms with van der Waals surface area (Å²) in [5.41, 5.74) is 2.72. The van der Waals surface area contributed by atoms with E-state index >= 15 is 0 Å². The number of ether oxygens (including phenoxy) is 1. The van der Waals surface area contributed by atoms with Crippen LogP contribution in [0.5, 0.6) is 5.75 Å². The average Bonchev–Trinajstić information content (AvgIpc) is 3.02. The maximum absolute atomic E-state index is 13.0. The van der Waals surface area contributed by atoms with Gasteiger partial charge in [0, 0.05) is 48.7 Å². The first kappa shape index (κ1) is 25.5. The SMILES string of the molecule is Cc1cc(C(=O)CN2CCN(S(=O)(=O)c3ccc(OC(C)C)cc3)CC2)c(C)n1C(C)(C)C. The van der Waals surface area contributed by atoms with Gasteiger partial charge in [0.25, 0.3) is 0 Å². The first-order valence-electron chi connectivity index (χ1n) is 11.5. The molecule has 0 aliphatic carbocycles. The quantitative estimate of drug-likeness (QED) is 0.569. The fraction of sp³-hybridized carbons (Fsp3) is 0.560. The van der Waals surface area contributed by atoms with Crippen molar-refractivity contribution in [1.82, 2.24) is 13.8 Å². The number of ketones is 1. The van der Waals surface area contributed by atoms with Crippen molar-refractivity contribution < 1.29 is 17.9 Å². The van der Waals surface area contributed by atoms with E-state index in [0.29, 0.717) is 38.5 Å². The summed E-state index contributed by atoms with van der Waals surface area (Å²) < 4.78 is 35.4. The molecule has 0 spiro atoms. The van der Waals surface area contributed by atoms with Crippen LogP contribution in [0.1, 0.15) is 56.4 Å². The molecule has 33 heavy (non-hydrogen) atoms. The van der Waals surface area contributed by atoms with Gasteiger partial charge in [0.2, 0.25) is 10.0 Å². The fourth-order valence-corrected chi connectivity index (χ4v) is 6.03. The number of carbonyl (C=O) groups excluding carboxylic acids is 1. The van der Waals surface area contributed by atoms with E-state index in [4.69, 9.17) is 4.74 Å².